The third-order valence-electron chi connectivity index (χ3n) is 8.96. The number of carbonyl (C=O) groups is 2. The molecule has 0 unspecified atom stereocenters. The lowest BCUT2D eigenvalue weighted by Gasteiger charge is -2.32. The Hall–Kier alpha value is -4.68. The summed E-state index contributed by atoms with van der Waals surface area (Å²) in [7, 11) is 0. The van der Waals surface area contributed by atoms with Crippen LogP contribution < -0.4 is 9.80 Å². The van der Waals surface area contributed by atoms with Crippen molar-refractivity contribution in [2.45, 2.75) is 50.1 Å². The number of nitro groups is 2. The van der Waals surface area contributed by atoms with Gasteiger partial charge in [0.05, 0.1) is 21.9 Å². The molecule has 0 aromatic heterocycles. The van der Waals surface area contributed by atoms with Gasteiger partial charge in [0.1, 0.15) is 12.3 Å². The first-order valence-corrected chi connectivity index (χ1v) is 14.1. The van der Waals surface area contributed by atoms with E-state index >= 15 is 0 Å². The van der Waals surface area contributed by atoms with Gasteiger partial charge in [-0.2, -0.15) is 0 Å². The van der Waals surface area contributed by atoms with Gasteiger partial charge < -0.3 is 0 Å². The van der Waals surface area contributed by atoms with Gasteiger partial charge in [0.25, 0.3) is 11.4 Å². The Balaban J connectivity index is 1.23. The standard InChI is InChI=1S/C30H28N6O6/c37-29-25-3-1-17-31(25)27(33(29)21-9-13-23(14-10-21)35(39)40)19-5-7-20(8-6-19)28-32-18-2-4-26(32)30(38)34(28)22-11-15-24(16-12-22)36(41)42/h5-16,25-28H,1-4,17-18H2/t25-,26-,27+,28+/m0/s1. The van der Waals surface area contributed by atoms with Crippen LogP contribution in [0, 0.1) is 20.2 Å². The van der Waals surface area contributed by atoms with Crippen molar-refractivity contribution in [2.75, 3.05) is 22.9 Å². The fourth-order valence-electron chi connectivity index (χ4n) is 7.08. The molecule has 4 heterocycles. The number of hydrogen-bond donors (Lipinski definition) is 0. The van der Waals surface area contributed by atoms with Crippen molar-refractivity contribution in [3.63, 3.8) is 0 Å². The van der Waals surface area contributed by atoms with Crippen LogP contribution in [0.4, 0.5) is 22.7 Å². The van der Waals surface area contributed by atoms with Gasteiger partial charge in [-0.15, -0.1) is 0 Å². The average Bonchev–Trinajstić information content (AvgIpc) is 3.77. The summed E-state index contributed by atoms with van der Waals surface area (Å²) in [6.45, 7) is 1.54. The summed E-state index contributed by atoms with van der Waals surface area (Å²) in [5.74, 6) is -0.0258. The largest absolute Gasteiger partial charge is 0.291 e. The van der Waals surface area contributed by atoms with Crippen molar-refractivity contribution in [1.82, 2.24) is 9.80 Å². The van der Waals surface area contributed by atoms with E-state index in [4.69, 9.17) is 0 Å². The SMILES string of the molecule is O=C1[C@@H]2CCCN2[C@@H](c2ccc([C@H]3N(c4ccc([N+](=O)[O-])cc4)C(=O)[C@@H]4CCCN43)cc2)N1c1ccc([N+](=O)[O-])cc1. The Morgan fingerprint density at radius 3 is 1.26 bits per heavy atom. The van der Waals surface area contributed by atoms with Gasteiger partial charge in [-0.05, 0) is 61.1 Å². The highest BCUT2D eigenvalue weighted by molar-refractivity contribution is 6.01. The van der Waals surface area contributed by atoms with E-state index in [9.17, 15) is 29.8 Å². The van der Waals surface area contributed by atoms with Crippen LogP contribution in [0.1, 0.15) is 49.1 Å². The quantitative estimate of drug-likeness (QED) is 0.313. The zero-order chi connectivity index (χ0) is 29.1. The van der Waals surface area contributed by atoms with Crippen LogP contribution in [0.15, 0.2) is 72.8 Å². The van der Waals surface area contributed by atoms with Crippen molar-refractivity contribution in [1.29, 1.82) is 0 Å². The molecule has 3 aromatic rings. The smallest absolute Gasteiger partial charge is 0.269 e. The number of nitro benzene ring substituents is 2. The van der Waals surface area contributed by atoms with Crippen LogP contribution in [0.3, 0.4) is 0 Å². The van der Waals surface area contributed by atoms with Gasteiger partial charge >= 0.3 is 0 Å². The number of benzene rings is 3. The molecule has 214 valence electrons. The Kier molecular flexibility index (Phi) is 6.24. The van der Waals surface area contributed by atoms with Gasteiger partial charge in [-0.3, -0.25) is 49.4 Å². The van der Waals surface area contributed by atoms with Crippen molar-refractivity contribution in [3.05, 3.63) is 104 Å². The first-order valence-electron chi connectivity index (χ1n) is 14.1. The number of fused-ring (bicyclic) bond motifs is 2. The van der Waals surface area contributed by atoms with Crippen molar-refractivity contribution >= 4 is 34.6 Å². The number of carbonyl (C=O) groups excluding carboxylic acids is 2. The fraction of sp³-hybridized carbons (Fsp3) is 0.333. The number of anilines is 2. The maximum absolute atomic E-state index is 13.6. The van der Waals surface area contributed by atoms with Crippen molar-refractivity contribution < 1.29 is 19.4 Å². The minimum atomic E-state index is -0.456. The molecular weight excluding hydrogens is 540 g/mol. The molecule has 4 aliphatic rings. The molecule has 0 aliphatic carbocycles. The van der Waals surface area contributed by atoms with Gasteiger partial charge in [0.2, 0.25) is 11.8 Å². The molecule has 12 nitrogen and oxygen atoms in total. The second kappa shape index (κ2) is 10.00. The van der Waals surface area contributed by atoms with Crippen molar-refractivity contribution in [3.8, 4) is 0 Å². The highest BCUT2D eigenvalue weighted by atomic mass is 16.6. The van der Waals surface area contributed by atoms with E-state index in [-0.39, 0.29) is 47.6 Å². The molecule has 3 aromatic carbocycles. The second-order valence-corrected chi connectivity index (χ2v) is 11.2. The Bertz CT molecular complexity index is 1460. The first kappa shape index (κ1) is 26.2. The van der Waals surface area contributed by atoms with Crippen LogP contribution in [-0.2, 0) is 9.59 Å². The number of rotatable bonds is 6. The Morgan fingerprint density at radius 1 is 0.571 bits per heavy atom. The lowest BCUT2D eigenvalue weighted by molar-refractivity contribution is -0.385. The Morgan fingerprint density at radius 2 is 0.929 bits per heavy atom. The van der Waals surface area contributed by atoms with E-state index in [2.05, 4.69) is 9.80 Å². The lowest BCUT2D eigenvalue weighted by atomic mass is 10.0. The topological polar surface area (TPSA) is 133 Å². The zero-order valence-electron chi connectivity index (χ0n) is 22.6. The van der Waals surface area contributed by atoms with Crippen LogP contribution in [-0.4, -0.2) is 56.6 Å². The third-order valence-corrected chi connectivity index (χ3v) is 8.96. The Labute approximate surface area is 241 Å². The maximum atomic E-state index is 13.6. The monoisotopic (exact) mass is 568 g/mol. The lowest BCUT2D eigenvalue weighted by Crippen LogP contribution is -2.33. The number of amides is 2. The maximum Gasteiger partial charge on any atom is 0.269 e. The summed E-state index contributed by atoms with van der Waals surface area (Å²) in [5, 5.41) is 22.4. The van der Waals surface area contributed by atoms with E-state index in [1.807, 2.05) is 24.3 Å². The predicted octanol–water partition coefficient (Wildman–Crippen LogP) is 4.52. The molecule has 4 aliphatic heterocycles. The predicted molar refractivity (Wildman–Crippen MR) is 153 cm³/mol. The number of non-ortho nitro benzene ring substituents is 2. The van der Waals surface area contributed by atoms with Gasteiger partial charge in [0, 0.05) is 48.7 Å². The molecule has 0 N–H and O–H groups in total. The normalized spacial score (nSPS) is 25.7. The van der Waals surface area contributed by atoms with E-state index in [1.165, 1.54) is 24.3 Å². The number of nitrogens with zero attached hydrogens (tertiary/aromatic N) is 6. The van der Waals surface area contributed by atoms with Crippen LogP contribution >= 0.6 is 0 Å². The van der Waals surface area contributed by atoms with E-state index in [0.29, 0.717) is 11.4 Å². The minimum absolute atomic E-state index is 0.0129. The van der Waals surface area contributed by atoms with E-state index < -0.39 is 9.85 Å². The van der Waals surface area contributed by atoms with Crippen LogP contribution in [0.25, 0.3) is 0 Å². The van der Waals surface area contributed by atoms with Crippen molar-refractivity contribution in [2.24, 2.45) is 0 Å². The molecule has 0 bridgehead atoms. The highest BCUT2D eigenvalue weighted by Gasteiger charge is 2.51. The summed E-state index contributed by atoms with van der Waals surface area (Å²) in [5.41, 5.74) is 2.99. The number of hydrogen-bond acceptors (Lipinski definition) is 8. The molecule has 4 saturated heterocycles. The summed E-state index contributed by atoms with van der Waals surface area (Å²) in [6, 6.07) is 19.7. The fourth-order valence-corrected chi connectivity index (χ4v) is 7.08. The molecular formula is C30H28N6O6. The molecule has 2 amide bonds. The molecule has 7 rings (SSSR count). The molecule has 12 heteroatoms. The van der Waals surface area contributed by atoms with Gasteiger partial charge in [-0.25, -0.2) is 0 Å². The molecule has 0 saturated carbocycles. The zero-order valence-corrected chi connectivity index (χ0v) is 22.6. The van der Waals surface area contributed by atoms with E-state index in [1.54, 1.807) is 34.1 Å². The van der Waals surface area contributed by atoms with Crippen LogP contribution in [0.5, 0.6) is 0 Å². The van der Waals surface area contributed by atoms with Gasteiger partial charge in [-0.1, -0.05) is 24.3 Å². The molecule has 4 atom stereocenters. The molecule has 0 radical (unpaired) electrons. The third kappa shape index (κ3) is 4.05. The summed E-state index contributed by atoms with van der Waals surface area (Å²) < 4.78 is 0. The van der Waals surface area contributed by atoms with Crippen LogP contribution in [0.2, 0.25) is 0 Å². The molecule has 0 spiro atoms. The first-order chi connectivity index (χ1) is 20.3. The summed E-state index contributed by atoms with van der Waals surface area (Å²) >= 11 is 0. The summed E-state index contributed by atoms with van der Waals surface area (Å²) in [6.07, 6.45) is 2.67. The average molecular weight is 569 g/mol. The van der Waals surface area contributed by atoms with E-state index in [0.717, 1.165) is 49.9 Å². The molecule has 4 fully saturated rings. The minimum Gasteiger partial charge on any atom is -0.291 e. The second-order valence-electron chi connectivity index (χ2n) is 11.2. The summed E-state index contributed by atoms with van der Waals surface area (Å²) in [4.78, 5) is 56.4. The highest BCUT2D eigenvalue weighted by Crippen LogP contribution is 2.45. The molecule has 42 heavy (non-hydrogen) atoms. The van der Waals surface area contributed by atoms with Gasteiger partial charge in [0.15, 0.2) is 0 Å².